The van der Waals surface area contributed by atoms with Gasteiger partial charge in [0.25, 0.3) is 0 Å². The Labute approximate surface area is 132 Å². The molecule has 0 saturated carbocycles. The van der Waals surface area contributed by atoms with Gasteiger partial charge in [0.1, 0.15) is 17.2 Å². The Kier molecular flexibility index (Phi) is 3.85. The second kappa shape index (κ2) is 5.96. The number of hydrogen-bond acceptors (Lipinski definition) is 4. The van der Waals surface area contributed by atoms with E-state index in [9.17, 15) is 9.59 Å². The first-order chi connectivity index (χ1) is 11.1. The molecule has 3 aromatic rings. The molecule has 0 saturated heterocycles. The molecule has 0 radical (unpaired) electrons. The van der Waals surface area contributed by atoms with Crippen LogP contribution in [0.2, 0.25) is 0 Å². The maximum Gasteiger partial charge on any atom is 0.360 e. The fourth-order valence-electron chi connectivity index (χ4n) is 2.36. The molecule has 1 aromatic heterocycles. The van der Waals surface area contributed by atoms with E-state index < -0.39 is 5.63 Å². The summed E-state index contributed by atoms with van der Waals surface area (Å²) in [4.78, 5) is 22.9. The molecule has 0 fully saturated rings. The van der Waals surface area contributed by atoms with Crippen molar-refractivity contribution in [2.24, 2.45) is 0 Å². The first-order valence-corrected chi connectivity index (χ1v) is 7.07. The number of ether oxygens (including phenoxy) is 1. The van der Waals surface area contributed by atoms with E-state index in [-0.39, 0.29) is 11.6 Å². The van der Waals surface area contributed by atoms with Crippen LogP contribution in [0.25, 0.3) is 22.1 Å². The fraction of sp³-hybridized carbons (Fsp3) is 0.111. The molecule has 0 aliphatic heterocycles. The molecule has 23 heavy (non-hydrogen) atoms. The van der Waals surface area contributed by atoms with Crippen LogP contribution >= 0.6 is 0 Å². The van der Waals surface area contributed by atoms with Crippen LogP contribution in [-0.2, 0) is 4.79 Å². The van der Waals surface area contributed by atoms with Crippen molar-refractivity contribution in [1.82, 2.24) is 0 Å². The van der Waals surface area contributed by atoms with Gasteiger partial charge in [-0.2, -0.15) is 0 Å². The van der Waals surface area contributed by atoms with Crippen molar-refractivity contribution in [3.05, 3.63) is 59.0 Å². The lowest BCUT2D eigenvalue weighted by atomic mass is 10.0. The van der Waals surface area contributed by atoms with Gasteiger partial charge in [-0.15, -0.1) is 0 Å². The maximum absolute atomic E-state index is 11.9. The highest BCUT2D eigenvalue weighted by atomic mass is 16.5. The van der Waals surface area contributed by atoms with Gasteiger partial charge in [-0.3, -0.25) is 4.79 Å². The Morgan fingerprint density at radius 1 is 1.04 bits per heavy atom. The highest BCUT2D eigenvalue weighted by Crippen LogP contribution is 2.26. The SMILES string of the molecule is COc1ccc2cc(-c3ccc(NC(C)=O)c(=O)o3)ccc2c1. The van der Waals surface area contributed by atoms with Gasteiger partial charge in [0.05, 0.1) is 7.11 Å². The number of amides is 1. The second-order valence-corrected chi connectivity index (χ2v) is 5.11. The highest BCUT2D eigenvalue weighted by molar-refractivity contribution is 5.89. The van der Waals surface area contributed by atoms with Crippen LogP contribution in [0.5, 0.6) is 5.75 Å². The Bertz CT molecular complexity index is 943. The van der Waals surface area contributed by atoms with Crippen molar-refractivity contribution < 1.29 is 13.9 Å². The molecule has 1 N–H and O–H groups in total. The van der Waals surface area contributed by atoms with Gasteiger partial charge in [0.15, 0.2) is 0 Å². The normalized spacial score (nSPS) is 10.5. The molecule has 0 aliphatic carbocycles. The first kappa shape index (κ1) is 14.8. The van der Waals surface area contributed by atoms with Crippen molar-refractivity contribution in [2.75, 3.05) is 12.4 Å². The fourth-order valence-corrected chi connectivity index (χ4v) is 2.36. The Balaban J connectivity index is 2.01. The molecule has 1 heterocycles. The van der Waals surface area contributed by atoms with E-state index in [0.29, 0.717) is 5.76 Å². The summed E-state index contributed by atoms with van der Waals surface area (Å²) in [6.45, 7) is 1.34. The number of anilines is 1. The van der Waals surface area contributed by atoms with Crippen molar-refractivity contribution in [2.45, 2.75) is 6.92 Å². The largest absolute Gasteiger partial charge is 0.497 e. The minimum Gasteiger partial charge on any atom is -0.497 e. The van der Waals surface area contributed by atoms with E-state index in [1.54, 1.807) is 19.2 Å². The molecule has 0 atom stereocenters. The molecular weight excluding hydrogens is 294 g/mol. The molecule has 0 unspecified atom stereocenters. The van der Waals surface area contributed by atoms with Gasteiger partial charge in [-0.05, 0) is 41.1 Å². The molecule has 2 aromatic carbocycles. The monoisotopic (exact) mass is 309 g/mol. The molecular formula is C18H15NO4. The molecule has 116 valence electrons. The van der Waals surface area contributed by atoms with Crippen LogP contribution in [-0.4, -0.2) is 13.0 Å². The Morgan fingerprint density at radius 3 is 2.48 bits per heavy atom. The van der Waals surface area contributed by atoms with Crippen LogP contribution in [0.4, 0.5) is 5.69 Å². The van der Waals surface area contributed by atoms with E-state index >= 15 is 0 Å². The maximum atomic E-state index is 11.9. The predicted molar refractivity (Wildman–Crippen MR) is 88.8 cm³/mol. The average molecular weight is 309 g/mol. The zero-order valence-corrected chi connectivity index (χ0v) is 12.8. The van der Waals surface area contributed by atoms with Crippen molar-refractivity contribution in [3.8, 4) is 17.1 Å². The molecule has 5 heteroatoms. The van der Waals surface area contributed by atoms with Crippen molar-refractivity contribution in [3.63, 3.8) is 0 Å². The van der Waals surface area contributed by atoms with Crippen molar-refractivity contribution >= 4 is 22.4 Å². The molecule has 3 rings (SSSR count). The van der Waals surface area contributed by atoms with Gasteiger partial charge in [-0.25, -0.2) is 4.79 Å². The number of hydrogen-bond donors (Lipinski definition) is 1. The summed E-state index contributed by atoms with van der Waals surface area (Å²) in [6, 6.07) is 14.7. The summed E-state index contributed by atoms with van der Waals surface area (Å²) < 4.78 is 10.5. The summed E-state index contributed by atoms with van der Waals surface area (Å²) in [6.07, 6.45) is 0. The standard InChI is InChI=1S/C18H15NO4/c1-11(20)19-16-7-8-17(23-18(16)21)14-4-3-13-10-15(22-2)6-5-12(13)9-14/h3-10H,1-2H3,(H,19,20). The van der Waals surface area contributed by atoms with Gasteiger partial charge < -0.3 is 14.5 Å². The summed E-state index contributed by atoms with van der Waals surface area (Å²) in [5, 5.41) is 4.48. The van der Waals surface area contributed by atoms with Gasteiger partial charge in [-0.1, -0.05) is 18.2 Å². The summed E-state index contributed by atoms with van der Waals surface area (Å²) in [7, 11) is 1.63. The third-order valence-corrected chi connectivity index (χ3v) is 3.47. The van der Waals surface area contributed by atoms with Gasteiger partial charge in [0, 0.05) is 12.5 Å². The lowest BCUT2D eigenvalue weighted by Gasteiger charge is -2.06. The zero-order valence-electron chi connectivity index (χ0n) is 12.8. The first-order valence-electron chi connectivity index (χ1n) is 7.07. The van der Waals surface area contributed by atoms with Crippen LogP contribution in [0.15, 0.2) is 57.7 Å². The average Bonchev–Trinajstić information content (AvgIpc) is 2.55. The topological polar surface area (TPSA) is 68.5 Å². The molecule has 0 spiro atoms. The van der Waals surface area contributed by atoms with Gasteiger partial charge >= 0.3 is 5.63 Å². The van der Waals surface area contributed by atoms with Crippen LogP contribution in [0.3, 0.4) is 0 Å². The van der Waals surface area contributed by atoms with Gasteiger partial charge in [0.2, 0.25) is 5.91 Å². The summed E-state index contributed by atoms with van der Waals surface area (Å²) >= 11 is 0. The van der Waals surface area contributed by atoms with E-state index in [4.69, 9.17) is 9.15 Å². The number of fused-ring (bicyclic) bond motifs is 1. The van der Waals surface area contributed by atoms with E-state index in [2.05, 4.69) is 5.32 Å². The number of benzene rings is 2. The van der Waals surface area contributed by atoms with Crippen molar-refractivity contribution in [1.29, 1.82) is 0 Å². The zero-order chi connectivity index (χ0) is 16.4. The van der Waals surface area contributed by atoms with Crippen LogP contribution < -0.4 is 15.7 Å². The minimum atomic E-state index is -0.576. The molecule has 5 nitrogen and oxygen atoms in total. The number of carbonyl (C=O) groups is 1. The third-order valence-electron chi connectivity index (χ3n) is 3.47. The third kappa shape index (κ3) is 3.08. The van der Waals surface area contributed by atoms with Crippen LogP contribution in [0, 0.1) is 0 Å². The predicted octanol–water partition coefficient (Wildman–Crippen LogP) is 3.43. The summed E-state index contributed by atoms with van der Waals surface area (Å²) in [5.41, 5.74) is 0.341. The lowest BCUT2D eigenvalue weighted by Crippen LogP contribution is -2.14. The van der Waals surface area contributed by atoms with E-state index in [1.165, 1.54) is 6.92 Å². The molecule has 0 aliphatic rings. The highest BCUT2D eigenvalue weighted by Gasteiger charge is 2.08. The second-order valence-electron chi connectivity index (χ2n) is 5.11. The number of rotatable bonds is 3. The number of nitrogens with one attached hydrogen (secondary N) is 1. The lowest BCUT2D eigenvalue weighted by molar-refractivity contribution is -0.114. The Morgan fingerprint density at radius 2 is 1.78 bits per heavy atom. The van der Waals surface area contributed by atoms with E-state index in [0.717, 1.165) is 22.1 Å². The minimum absolute atomic E-state index is 0.131. The smallest absolute Gasteiger partial charge is 0.360 e. The number of methoxy groups -OCH3 is 1. The van der Waals surface area contributed by atoms with Crippen LogP contribution in [0.1, 0.15) is 6.92 Å². The molecule has 1 amide bonds. The quantitative estimate of drug-likeness (QED) is 0.805. The number of carbonyl (C=O) groups excluding carboxylic acids is 1. The molecule has 0 bridgehead atoms. The van der Waals surface area contributed by atoms with E-state index in [1.807, 2.05) is 36.4 Å². The summed E-state index contributed by atoms with van der Waals surface area (Å²) in [5.74, 6) is 0.919. The Hall–Kier alpha value is -3.08.